The van der Waals surface area contributed by atoms with Gasteiger partial charge in [0.25, 0.3) is 10.0 Å². The Labute approximate surface area is 93.3 Å². The molecule has 0 bridgehead atoms. The number of sulfonamides is 1. The van der Waals surface area contributed by atoms with E-state index < -0.39 is 15.9 Å². The first-order valence-corrected chi connectivity index (χ1v) is 5.95. The van der Waals surface area contributed by atoms with Crippen LogP contribution in [0, 0.1) is 0 Å². The number of primary amides is 1. The van der Waals surface area contributed by atoms with Crippen LogP contribution in [0.3, 0.4) is 0 Å². The van der Waals surface area contributed by atoms with Gasteiger partial charge in [0.15, 0.2) is 0 Å². The van der Waals surface area contributed by atoms with Crippen LogP contribution in [0.15, 0.2) is 29.2 Å². The standard InChI is InChI=1S/C9H12N2O4S/c1-2-11(13)16(14,15)8-5-3-4-7(6-8)9(10)12/h3-6,13H,2H2,1H3,(H2,10,12). The van der Waals surface area contributed by atoms with Gasteiger partial charge in [0.1, 0.15) is 0 Å². The van der Waals surface area contributed by atoms with Crippen molar-refractivity contribution in [1.29, 1.82) is 0 Å². The van der Waals surface area contributed by atoms with Crippen LogP contribution in [0.2, 0.25) is 0 Å². The molecule has 0 heterocycles. The smallest absolute Gasteiger partial charge is 0.264 e. The molecule has 1 aromatic carbocycles. The molecule has 1 amide bonds. The highest BCUT2D eigenvalue weighted by Gasteiger charge is 2.21. The molecule has 0 aliphatic carbocycles. The molecule has 0 fully saturated rings. The zero-order valence-corrected chi connectivity index (χ0v) is 9.44. The van der Waals surface area contributed by atoms with Crippen molar-refractivity contribution >= 4 is 15.9 Å². The minimum atomic E-state index is -3.96. The van der Waals surface area contributed by atoms with Crippen molar-refractivity contribution in [3.63, 3.8) is 0 Å². The summed E-state index contributed by atoms with van der Waals surface area (Å²) in [6.07, 6.45) is 0. The molecule has 0 spiro atoms. The Bertz CT molecular complexity index is 498. The zero-order chi connectivity index (χ0) is 12.3. The highest BCUT2D eigenvalue weighted by Crippen LogP contribution is 2.15. The van der Waals surface area contributed by atoms with Crippen molar-refractivity contribution in [2.75, 3.05) is 6.54 Å². The molecule has 0 radical (unpaired) electrons. The summed E-state index contributed by atoms with van der Waals surface area (Å²) in [7, 11) is -3.96. The SMILES string of the molecule is CCN(O)S(=O)(=O)c1cccc(C(N)=O)c1. The van der Waals surface area contributed by atoms with Crippen LogP contribution in [0.1, 0.15) is 17.3 Å². The third-order valence-electron chi connectivity index (χ3n) is 1.96. The molecule has 0 saturated heterocycles. The molecule has 1 rings (SSSR count). The van der Waals surface area contributed by atoms with E-state index in [-0.39, 0.29) is 21.5 Å². The van der Waals surface area contributed by atoms with Gasteiger partial charge in [0.2, 0.25) is 5.91 Å². The minimum absolute atomic E-state index is 0.0746. The summed E-state index contributed by atoms with van der Waals surface area (Å²) in [4.78, 5) is 10.7. The van der Waals surface area contributed by atoms with Crippen LogP contribution < -0.4 is 5.73 Å². The average Bonchev–Trinajstić information content (AvgIpc) is 2.28. The molecule has 0 aliphatic rings. The van der Waals surface area contributed by atoms with E-state index in [0.717, 1.165) is 6.07 Å². The first-order chi connectivity index (χ1) is 7.39. The number of carbonyl (C=O) groups excluding carboxylic acids is 1. The maximum Gasteiger partial charge on any atom is 0.264 e. The largest absolute Gasteiger partial charge is 0.366 e. The summed E-state index contributed by atoms with van der Waals surface area (Å²) in [5.74, 6) is -0.724. The normalized spacial score (nSPS) is 11.7. The Morgan fingerprint density at radius 2 is 2.12 bits per heavy atom. The Kier molecular flexibility index (Phi) is 3.63. The van der Waals surface area contributed by atoms with Gasteiger partial charge in [-0.05, 0) is 25.1 Å². The molecule has 88 valence electrons. The quantitative estimate of drug-likeness (QED) is 0.738. The van der Waals surface area contributed by atoms with E-state index in [9.17, 15) is 18.4 Å². The molecule has 16 heavy (non-hydrogen) atoms. The fraction of sp³-hybridized carbons (Fsp3) is 0.222. The lowest BCUT2D eigenvalue weighted by Crippen LogP contribution is -2.27. The maximum atomic E-state index is 11.7. The van der Waals surface area contributed by atoms with Crippen LogP contribution in [0.5, 0.6) is 0 Å². The van der Waals surface area contributed by atoms with E-state index in [1.165, 1.54) is 25.1 Å². The van der Waals surface area contributed by atoms with Crippen molar-refractivity contribution in [1.82, 2.24) is 4.47 Å². The number of hydrogen-bond donors (Lipinski definition) is 2. The topological polar surface area (TPSA) is 101 Å². The van der Waals surface area contributed by atoms with Gasteiger partial charge in [-0.3, -0.25) is 10.0 Å². The molecule has 0 atom stereocenters. The van der Waals surface area contributed by atoms with Gasteiger partial charge in [-0.2, -0.15) is 0 Å². The molecule has 1 aromatic rings. The van der Waals surface area contributed by atoms with Crippen LogP contribution in [0.25, 0.3) is 0 Å². The van der Waals surface area contributed by atoms with Crippen molar-refractivity contribution in [2.24, 2.45) is 5.73 Å². The van der Waals surface area contributed by atoms with Crippen LogP contribution in [-0.2, 0) is 10.0 Å². The molecular formula is C9H12N2O4S. The van der Waals surface area contributed by atoms with Crippen LogP contribution >= 0.6 is 0 Å². The molecule has 0 saturated carbocycles. The predicted molar refractivity (Wildman–Crippen MR) is 56.3 cm³/mol. The van der Waals surface area contributed by atoms with E-state index >= 15 is 0 Å². The first kappa shape index (κ1) is 12.6. The number of carbonyl (C=O) groups is 1. The number of hydroxylamine groups is 1. The summed E-state index contributed by atoms with van der Waals surface area (Å²) in [6, 6.07) is 5.18. The molecule has 0 aliphatic heterocycles. The summed E-state index contributed by atoms with van der Waals surface area (Å²) < 4.78 is 23.5. The van der Waals surface area contributed by atoms with Gasteiger partial charge in [0, 0.05) is 12.1 Å². The van der Waals surface area contributed by atoms with Crippen molar-refractivity contribution in [3.8, 4) is 0 Å². The van der Waals surface area contributed by atoms with Crippen LogP contribution in [-0.4, -0.2) is 30.5 Å². The van der Waals surface area contributed by atoms with Crippen molar-refractivity contribution in [3.05, 3.63) is 29.8 Å². The van der Waals surface area contributed by atoms with E-state index in [0.29, 0.717) is 0 Å². The summed E-state index contributed by atoms with van der Waals surface area (Å²) in [5, 5.41) is 9.20. The number of amides is 1. The van der Waals surface area contributed by atoms with E-state index in [2.05, 4.69) is 0 Å². The third-order valence-corrected chi connectivity index (χ3v) is 3.63. The monoisotopic (exact) mass is 244 g/mol. The van der Waals surface area contributed by atoms with Gasteiger partial charge >= 0.3 is 0 Å². The number of nitrogens with two attached hydrogens (primary N) is 1. The fourth-order valence-corrected chi connectivity index (χ4v) is 2.21. The Balaban J connectivity index is 3.24. The lowest BCUT2D eigenvalue weighted by Gasteiger charge is -2.12. The Morgan fingerprint density at radius 3 is 2.62 bits per heavy atom. The van der Waals surface area contributed by atoms with Gasteiger partial charge in [0.05, 0.1) is 4.90 Å². The second kappa shape index (κ2) is 4.60. The lowest BCUT2D eigenvalue weighted by molar-refractivity contribution is 0.00857. The summed E-state index contributed by atoms with van der Waals surface area (Å²) in [6.45, 7) is 1.40. The van der Waals surface area contributed by atoms with E-state index in [4.69, 9.17) is 5.73 Å². The molecule has 7 heteroatoms. The molecule has 3 N–H and O–H groups in total. The van der Waals surface area contributed by atoms with Crippen LogP contribution in [0.4, 0.5) is 0 Å². The minimum Gasteiger partial charge on any atom is -0.366 e. The Morgan fingerprint density at radius 1 is 1.50 bits per heavy atom. The van der Waals surface area contributed by atoms with Gasteiger partial charge in [-0.1, -0.05) is 10.5 Å². The number of hydrogen-bond acceptors (Lipinski definition) is 4. The third kappa shape index (κ3) is 2.38. The highest BCUT2D eigenvalue weighted by atomic mass is 32.2. The number of rotatable bonds is 4. The molecular weight excluding hydrogens is 232 g/mol. The lowest BCUT2D eigenvalue weighted by atomic mass is 10.2. The number of nitrogens with zero attached hydrogens (tertiary/aromatic N) is 1. The average molecular weight is 244 g/mol. The van der Waals surface area contributed by atoms with Gasteiger partial charge < -0.3 is 5.73 Å². The predicted octanol–water partition coefficient (Wildman–Crippen LogP) is 0.185. The zero-order valence-electron chi connectivity index (χ0n) is 8.62. The van der Waals surface area contributed by atoms with Crippen molar-refractivity contribution < 1.29 is 18.4 Å². The first-order valence-electron chi connectivity index (χ1n) is 4.51. The summed E-state index contributed by atoms with van der Waals surface area (Å²) >= 11 is 0. The summed E-state index contributed by atoms with van der Waals surface area (Å²) in [5.41, 5.74) is 5.10. The highest BCUT2D eigenvalue weighted by molar-refractivity contribution is 7.89. The van der Waals surface area contributed by atoms with E-state index in [1.807, 2.05) is 0 Å². The van der Waals surface area contributed by atoms with Gasteiger partial charge in [-0.25, -0.2) is 8.42 Å². The Hall–Kier alpha value is -1.44. The molecule has 6 nitrogen and oxygen atoms in total. The second-order valence-electron chi connectivity index (χ2n) is 3.04. The molecule has 0 unspecified atom stereocenters. The second-order valence-corrected chi connectivity index (χ2v) is 4.88. The molecule has 0 aromatic heterocycles. The van der Waals surface area contributed by atoms with Crippen molar-refractivity contribution in [2.45, 2.75) is 11.8 Å². The fourth-order valence-electron chi connectivity index (χ4n) is 1.10. The maximum absolute atomic E-state index is 11.7. The van der Waals surface area contributed by atoms with E-state index in [1.54, 1.807) is 0 Å². The van der Waals surface area contributed by atoms with Gasteiger partial charge in [-0.15, -0.1) is 0 Å². The number of benzene rings is 1.